The van der Waals surface area contributed by atoms with Crippen LogP contribution in [-0.2, 0) is 6.54 Å². The molecular formula is C17H20N4O3. The van der Waals surface area contributed by atoms with Crippen LogP contribution in [0.25, 0.3) is 0 Å². The summed E-state index contributed by atoms with van der Waals surface area (Å²) in [5, 5.41) is 19.3. The van der Waals surface area contributed by atoms with Gasteiger partial charge in [-0.2, -0.15) is 0 Å². The zero-order chi connectivity index (χ0) is 16.9. The second-order valence-electron chi connectivity index (χ2n) is 5.69. The molecule has 2 heterocycles. The van der Waals surface area contributed by atoms with Gasteiger partial charge in [-0.25, -0.2) is 10.5 Å². The predicted octanol–water partition coefficient (Wildman–Crippen LogP) is 1.19. The number of aliphatic hydroxyl groups is 1. The van der Waals surface area contributed by atoms with Crippen molar-refractivity contribution in [3.8, 4) is 0 Å². The zero-order valence-corrected chi connectivity index (χ0v) is 13.2. The highest BCUT2D eigenvalue weighted by molar-refractivity contribution is 5.93. The lowest BCUT2D eigenvalue weighted by Crippen LogP contribution is -2.54. The van der Waals surface area contributed by atoms with Crippen LogP contribution in [0.15, 0.2) is 48.7 Å². The quantitative estimate of drug-likeness (QED) is 0.419. The monoisotopic (exact) mass is 328 g/mol. The number of pyridine rings is 1. The molecule has 0 radical (unpaired) electrons. The van der Waals surface area contributed by atoms with Crippen LogP contribution < -0.4 is 10.4 Å². The Bertz CT molecular complexity index is 674. The van der Waals surface area contributed by atoms with E-state index in [0.717, 1.165) is 25.1 Å². The first-order valence-corrected chi connectivity index (χ1v) is 7.82. The van der Waals surface area contributed by atoms with Crippen molar-refractivity contribution in [2.45, 2.75) is 19.3 Å². The van der Waals surface area contributed by atoms with E-state index >= 15 is 0 Å². The summed E-state index contributed by atoms with van der Waals surface area (Å²) in [6.45, 7) is 2.18. The van der Waals surface area contributed by atoms with Crippen molar-refractivity contribution in [1.29, 1.82) is 0 Å². The van der Waals surface area contributed by atoms with E-state index in [1.807, 2.05) is 28.0 Å². The normalized spacial score (nSPS) is 15.4. The maximum absolute atomic E-state index is 11.4. The van der Waals surface area contributed by atoms with Gasteiger partial charge in [0.25, 0.3) is 5.91 Å². The number of nitrogens with one attached hydrogen (secondary N) is 1. The fourth-order valence-corrected chi connectivity index (χ4v) is 2.60. The van der Waals surface area contributed by atoms with Crippen LogP contribution in [0.4, 0.5) is 5.82 Å². The summed E-state index contributed by atoms with van der Waals surface area (Å²) in [6.07, 6.45) is 2.03. The van der Waals surface area contributed by atoms with E-state index in [9.17, 15) is 9.90 Å². The molecule has 1 aliphatic rings. The van der Waals surface area contributed by atoms with Gasteiger partial charge in [0.1, 0.15) is 5.82 Å². The highest BCUT2D eigenvalue weighted by Crippen LogP contribution is 2.21. The van der Waals surface area contributed by atoms with Crippen LogP contribution in [0.5, 0.6) is 0 Å². The molecule has 1 fully saturated rings. The number of benzene rings is 1. The van der Waals surface area contributed by atoms with Crippen molar-refractivity contribution in [1.82, 2.24) is 15.4 Å². The summed E-state index contributed by atoms with van der Waals surface area (Å²) in [5.74, 6) is 0.137. The average molecular weight is 328 g/mol. The summed E-state index contributed by atoms with van der Waals surface area (Å²) in [4.78, 5) is 19.5. The Morgan fingerprint density at radius 2 is 2.00 bits per heavy atom. The fraction of sp³-hybridized carbons (Fsp3) is 0.294. The predicted molar refractivity (Wildman–Crippen MR) is 88.3 cm³/mol. The third kappa shape index (κ3) is 3.53. The summed E-state index contributed by atoms with van der Waals surface area (Å²) < 4.78 is 0. The number of amides is 1. The van der Waals surface area contributed by atoms with E-state index in [-0.39, 0.29) is 0 Å². The zero-order valence-electron chi connectivity index (χ0n) is 13.2. The highest BCUT2D eigenvalue weighted by atomic mass is 16.5. The fourth-order valence-electron chi connectivity index (χ4n) is 2.60. The summed E-state index contributed by atoms with van der Waals surface area (Å²) in [5.41, 5.74) is 2.90. The number of aliphatic hydroxyl groups excluding tert-OH is 1. The Morgan fingerprint density at radius 3 is 2.54 bits per heavy atom. The molecule has 126 valence electrons. The first-order valence-electron chi connectivity index (χ1n) is 7.82. The van der Waals surface area contributed by atoms with Crippen molar-refractivity contribution in [2.75, 3.05) is 18.0 Å². The van der Waals surface area contributed by atoms with E-state index in [2.05, 4.69) is 4.98 Å². The number of rotatable bonds is 6. The van der Waals surface area contributed by atoms with Crippen molar-refractivity contribution >= 4 is 11.7 Å². The first kappa shape index (κ1) is 16.4. The van der Waals surface area contributed by atoms with Crippen LogP contribution in [0, 0.1) is 0 Å². The molecule has 0 spiro atoms. The molecule has 1 aliphatic heterocycles. The molecule has 3 N–H and O–H groups in total. The van der Waals surface area contributed by atoms with Crippen molar-refractivity contribution in [3.05, 3.63) is 59.8 Å². The lowest BCUT2D eigenvalue weighted by atomic mass is 10.1. The number of carbonyl (C=O) groups excluding carboxylic acids is 1. The number of hydroxylamine groups is 1. The van der Waals surface area contributed by atoms with Gasteiger partial charge in [0.05, 0.1) is 0 Å². The molecule has 1 unspecified atom stereocenters. The Labute approximate surface area is 140 Å². The Balaban J connectivity index is 1.79. The minimum Gasteiger partial charge on any atom is -0.361 e. The molecule has 1 aromatic heterocycles. The maximum Gasteiger partial charge on any atom is 0.274 e. The number of carbonyl (C=O) groups is 1. The van der Waals surface area contributed by atoms with Crippen LogP contribution in [0.2, 0.25) is 0 Å². The van der Waals surface area contributed by atoms with E-state index in [4.69, 9.17) is 5.21 Å². The largest absolute Gasteiger partial charge is 0.361 e. The molecule has 1 aromatic carbocycles. The molecule has 7 heteroatoms. The van der Waals surface area contributed by atoms with Crippen LogP contribution in [0.3, 0.4) is 0 Å². The second-order valence-corrected chi connectivity index (χ2v) is 5.69. The van der Waals surface area contributed by atoms with Gasteiger partial charge >= 0.3 is 0 Å². The van der Waals surface area contributed by atoms with Crippen molar-refractivity contribution in [2.24, 2.45) is 0 Å². The van der Waals surface area contributed by atoms with Gasteiger partial charge in [-0.05, 0) is 36.2 Å². The molecule has 2 aromatic rings. The van der Waals surface area contributed by atoms with Gasteiger partial charge in [-0.3, -0.25) is 14.9 Å². The van der Waals surface area contributed by atoms with Gasteiger partial charge in [0.2, 0.25) is 0 Å². The van der Waals surface area contributed by atoms with Gasteiger partial charge in [0.15, 0.2) is 6.35 Å². The standard InChI is InChI=1S/C17H20N4O3/c22-16(19-24)14-7-5-13(6-8-14)12-21(15-4-1-2-9-18-15)17(23)20-10-3-11-20/h1-2,4-9,17,23-24H,3,10-12H2,(H,19,22). The van der Waals surface area contributed by atoms with Gasteiger partial charge in [-0.15, -0.1) is 0 Å². The molecular weight excluding hydrogens is 308 g/mol. The number of aromatic nitrogens is 1. The van der Waals surface area contributed by atoms with Gasteiger partial charge < -0.3 is 10.0 Å². The lowest BCUT2D eigenvalue weighted by Gasteiger charge is -2.41. The number of hydrogen-bond acceptors (Lipinski definition) is 6. The topological polar surface area (TPSA) is 88.9 Å². The number of likely N-dealkylation sites (tertiary alicyclic amines) is 1. The van der Waals surface area contributed by atoms with Crippen molar-refractivity contribution < 1.29 is 15.1 Å². The molecule has 1 atom stereocenters. The molecule has 3 rings (SSSR count). The van der Waals surface area contributed by atoms with Crippen molar-refractivity contribution in [3.63, 3.8) is 0 Å². The molecule has 1 saturated heterocycles. The van der Waals surface area contributed by atoms with E-state index in [0.29, 0.717) is 17.9 Å². The number of nitrogens with zero attached hydrogens (tertiary/aromatic N) is 3. The van der Waals surface area contributed by atoms with Crippen LogP contribution >= 0.6 is 0 Å². The summed E-state index contributed by atoms with van der Waals surface area (Å²) >= 11 is 0. The lowest BCUT2D eigenvalue weighted by molar-refractivity contribution is -0.0369. The highest BCUT2D eigenvalue weighted by Gasteiger charge is 2.28. The SMILES string of the molecule is O=C(NO)c1ccc(CN(c2ccccn2)C(O)N2CCC2)cc1. The third-order valence-electron chi connectivity index (χ3n) is 4.11. The first-order chi connectivity index (χ1) is 11.7. The smallest absolute Gasteiger partial charge is 0.274 e. The minimum absolute atomic E-state index is 0.369. The Hall–Kier alpha value is -2.48. The van der Waals surface area contributed by atoms with E-state index in [1.54, 1.807) is 35.9 Å². The van der Waals surface area contributed by atoms with Gasteiger partial charge in [0, 0.05) is 31.4 Å². The number of hydrogen-bond donors (Lipinski definition) is 3. The molecule has 0 bridgehead atoms. The second kappa shape index (κ2) is 7.39. The van der Waals surface area contributed by atoms with E-state index in [1.165, 1.54) is 0 Å². The third-order valence-corrected chi connectivity index (χ3v) is 4.11. The molecule has 0 aliphatic carbocycles. The molecule has 7 nitrogen and oxygen atoms in total. The number of anilines is 1. The van der Waals surface area contributed by atoms with Crippen LogP contribution in [-0.4, -0.2) is 45.5 Å². The van der Waals surface area contributed by atoms with Gasteiger partial charge in [-0.1, -0.05) is 18.2 Å². The minimum atomic E-state index is -0.742. The molecule has 24 heavy (non-hydrogen) atoms. The maximum atomic E-state index is 11.4. The summed E-state index contributed by atoms with van der Waals surface area (Å²) in [6, 6.07) is 12.4. The summed E-state index contributed by atoms with van der Waals surface area (Å²) in [7, 11) is 0. The molecule has 0 saturated carbocycles. The molecule has 1 amide bonds. The average Bonchev–Trinajstić information content (AvgIpc) is 2.58. The van der Waals surface area contributed by atoms with Crippen LogP contribution in [0.1, 0.15) is 22.3 Å². The Morgan fingerprint density at radius 1 is 1.25 bits per heavy atom. The van der Waals surface area contributed by atoms with E-state index < -0.39 is 12.3 Å². The Kier molecular flexibility index (Phi) is 5.05.